The molecule has 0 bridgehead atoms. The van der Waals surface area contributed by atoms with Crippen LogP contribution in [0.4, 0.5) is 22.0 Å². The van der Waals surface area contributed by atoms with Crippen molar-refractivity contribution in [1.82, 2.24) is 30.4 Å². The first-order chi connectivity index (χ1) is 18.2. The highest BCUT2D eigenvalue weighted by atomic mass is 19.4. The van der Waals surface area contributed by atoms with Gasteiger partial charge >= 0.3 is 6.18 Å². The normalized spacial score (nSPS) is 18.5. The third kappa shape index (κ3) is 6.69. The van der Waals surface area contributed by atoms with Crippen molar-refractivity contribution >= 4 is 17.5 Å². The second-order valence-corrected chi connectivity index (χ2v) is 9.83. The van der Waals surface area contributed by atoms with Gasteiger partial charge in [0.05, 0.1) is 35.7 Å². The van der Waals surface area contributed by atoms with Gasteiger partial charge in [0.1, 0.15) is 11.8 Å². The number of nitrogens with zero attached hydrogens (tertiary/aromatic N) is 4. The molecule has 1 unspecified atom stereocenters. The van der Waals surface area contributed by atoms with Crippen molar-refractivity contribution in [3.05, 3.63) is 47.2 Å². The van der Waals surface area contributed by atoms with Crippen molar-refractivity contribution in [3.8, 4) is 0 Å². The SMILES string of the molecule is Cc1nocc1C(=O)N[C@H](c1cn2ncc([C@@H](O)NC(=O)CC(C)C(F)(F)F)cc2n1)C1CCC(F)(F)CC1. The van der Waals surface area contributed by atoms with Gasteiger partial charge in [-0.25, -0.2) is 18.3 Å². The van der Waals surface area contributed by atoms with E-state index in [1.807, 2.05) is 0 Å². The summed E-state index contributed by atoms with van der Waals surface area (Å²) >= 11 is 0. The van der Waals surface area contributed by atoms with Gasteiger partial charge in [0.25, 0.3) is 5.91 Å². The van der Waals surface area contributed by atoms with E-state index in [2.05, 4.69) is 25.9 Å². The van der Waals surface area contributed by atoms with Crippen molar-refractivity contribution in [2.45, 2.75) is 70.3 Å². The van der Waals surface area contributed by atoms with Gasteiger partial charge in [-0.2, -0.15) is 18.3 Å². The van der Waals surface area contributed by atoms with Crippen LogP contribution in [0.2, 0.25) is 0 Å². The summed E-state index contributed by atoms with van der Waals surface area (Å²) in [6.45, 7) is 2.44. The molecule has 0 radical (unpaired) electrons. The molecule has 0 aromatic carbocycles. The molecule has 0 aliphatic heterocycles. The molecule has 212 valence electrons. The zero-order valence-corrected chi connectivity index (χ0v) is 21.0. The van der Waals surface area contributed by atoms with Gasteiger partial charge in [-0.3, -0.25) is 9.59 Å². The van der Waals surface area contributed by atoms with E-state index in [0.717, 1.165) is 6.92 Å². The van der Waals surface area contributed by atoms with Crippen LogP contribution in [0.15, 0.2) is 29.2 Å². The number of amides is 2. The Balaban J connectivity index is 1.55. The lowest BCUT2D eigenvalue weighted by atomic mass is 9.81. The van der Waals surface area contributed by atoms with Gasteiger partial charge in [0.2, 0.25) is 11.8 Å². The summed E-state index contributed by atoms with van der Waals surface area (Å²) < 4.78 is 72.0. The lowest BCUT2D eigenvalue weighted by molar-refractivity contribution is -0.174. The minimum absolute atomic E-state index is 0.0608. The molecule has 0 saturated heterocycles. The van der Waals surface area contributed by atoms with Crippen LogP contribution in [0.1, 0.15) is 78.6 Å². The maximum absolute atomic E-state index is 13.8. The van der Waals surface area contributed by atoms with Crippen molar-refractivity contribution in [2.24, 2.45) is 11.8 Å². The Labute approximate surface area is 218 Å². The van der Waals surface area contributed by atoms with Crippen LogP contribution >= 0.6 is 0 Å². The number of nitrogens with one attached hydrogen (secondary N) is 2. The Hall–Kier alpha value is -3.62. The molecule has 15 heteroatoms. The Morgan fingerprint density at radius 2 is 1.95 bits per heavy atom. The molecule has 3 atom stereocenters. The molecule has 1 aliphatic rings. The average molecular weight is 559 g/mol. The first kappa shape index (κ1) is 28.4. The minimum Gasteiger partial charge on any atom is -0.369 e. The summed E-state index contributed by atoms with van der Waals surface area (Å²) in [6.07, 6.45) is -3.60. The minimum atomic E-state index is -4.55. The van der Waals surface area contributed by atoms with E-state index in [9.17, 15) is 36.6 Å². The van der Waals surface area contributed by atoms with Crippen LogP contribution in [0.25, 0.3) is 5.65 Å². The molecular formula is C24H27F5N6O4. The number of halogens is 5. The number of imidazole rings is 1. The summed E-state index contributed by atoms with van der Waals surface area (Å²) in [4.78, 5) is 29.4. The highest BCUT2D eigenvalue weighted by Crippen LogP contribution is 2.41. The zero-order valence-electron chi connectivity index (χ0n) is 21.0. The van der Waals surface area contributed by atoms with Gasteiger partial charge in [0.15, 0.2) is 11.9 Å². The Morgan fingerprint density at radius 3 is 2.56 bits per heavy atom. The largest absolute Gasteiger partial charge is 0.392 e. The van der Waals surface area contributed by atoms with E-state index in [1.165, 1.54) is 29.2 Å². The number of carbonyl (C=O) groups excluding carboxylic acids is 2. The monoisotopic (exact) mass is 558 g/mol. The fraction of sp³-hybridized carbons (Fsp3) is 0.542. The molecular weight excluding hydrogens is 531 g/mol. The number of alkyl halides is 5. The molecule has 39 heavy (non-hydrogen) atoms. The molecule has 3 N–H and O–H groups in total. The van der Waals surface area contributed by atoms with Crippen LogP contribution < -0.4 is 10.6 Å². The summed E-state index contributed by atoms with van der Waals surface area (Å²) in [5.74, 6) is -6.57. The van der Waals surface area contributed by atoms with Gasteiger partial charge in [-0.15, -0.1) is 0 Å². The highest BCUT2D eigenvalue weighted by Gasteiger charge is 2.40. The molecule has 3 aromatic rings. The topological polar surface area (TPSA) is 135 Å². The molecule has 0 spiro atoms. The van der Waals surface area contributed by atoms with E-state index >= 15 is 0 Å². The van der Waals surface area contributed by atoms with Crippen LogP contribution in [-0.4, -0.2) is 48.8 Å². The summed E-state index contributed by atoms with van der Waals surface area (Å²) in [5, 5.41) is 23.1. The molecule has 1 aliphatic carbocycles. The molecule has 3 aromatic heterocycles. The van der Waals surface area contributed by atoms with Crippen LogP contribution in [0.5, 0.6) is 0 Å². The number of hydrogen-bond donors (Lipinski definition) is 3. The fourth-order valence-electron chi connectivity index (χ4n) is 4.46. The quantitative estimate of drug-likeness (QED) is 0.281. The van der Waals surface area contributed by atoms with E-state index in [-0.39, 0.29) is 48.4 Å². The zero-order chi connectivity index (χ0) is 28.5. The van der Waals surface area contributed by atoms with Crippen molar-refractivity contribution < 1.29 is 41.2 Å². The average Bonchev–Trinajstić information content (AvgIpc) is 3.47. The predicted octanol–water partition coefficient (Wildman–Crippen LogP) is 4.02. The standard InChI is InChI=1S/C24H27F5N6O4/c1-12(24(27,28)29)7-19(36)32-21(37)15-8-18-31-17(10-35(18)30-9-15)20(14-3-5-23(25,26)6-4-14)33-22(38)16-11-39-34-13(16)2/h8-12,14,20-21,37H,3-7H2,1-2H3,(H,32,36)(H,33,38)/t12?,20-,21+/m0/s1. The third-order valence-electron chi connectivity index (χ3n) is 6.86. The number of fused-ring (bicyclic) bond motifs is 1. The molecule has 4 rings (SSSR count). The number of aromatic nitrogens is 4. The highest BCUT2D eigenvalue weighted by molar-refractivity contribution is 5.95. The Kier molecular flexibility index (Phi) is 7.91. The molecule has 1 fully saturated rings. The Morgan fingerprint density at radius 1 is 1.26 bits per heavy atom. The maximum Gasteiger partial charge on any atom is 0.392 e. The van der Waals surface area contributed by atoms with Gasteiger partial charge in [-0.05, 0) is 31.7 Å². The second kappa shape index (κ2) is 10.9. The van der Waals surface area contributed by atoms with E-state index in [4.69, 9.17) is 4.52 Å². The van der Waals surface area contributed by atoms with E-state index in [0.29, 0.717) is 11.4 Å². The van der Waals surface area contributed by atoms with Gasteiger partial charge in [-0.1, -0.05) is 12.1 Å². The van der Waals surface area contributed by atoms with Crippen molar-refractivity contribution in [2.75, 3.05) is 0 Å². The number of carbonyl (C=O) groups is 2. The van der Waals surface area contributed by atoms with Crippen LogP contribution in [0, 0.1) is 18.8 Å². The fourth-order valence-corrected chi connectivity index (χ4v) is 4.46. The summed E-state index contributed by atoms with van der Waals surface area (Å²) in [7, 11) is 0. The summed E-state index contributed by atoms with van der Waals surface area (Å²) in [6, 6.07) is 0.605. The number of rotatable bonds is 8. The van der Waals surface area contributed by atoms with Gasteiger partial charge in [0, 0.05) is 24.8 Å². The molecule has 3 heterocycles. The maximum atomic E-state index is 13.8. The second-order valence-electron chi connectivity index (χ2n) is 9.83. The van der Waals surface area contributed by atoms with Crippen LogP contribution in [-0.2, 0) is 4.79 Å². The number of aliphatic hydroxyl groups excluding tert-OH is 1. The number of aliphatic hydroxyl groups is 1. The predicted molar refractivity (Wildman–Crippen MR) is 124 cm³/mol. The summed E-state index contributed by atoms with van der Waals surface area (Å²) in [5.41, 5.74) is 1.12. The molecule has 10 nitrogen and oxygen atoms in total. The smallest absolute Gasteiger partial charge is 0.369 e. The van der Waals surface area contributed by atoms with Crippen molar-refractivity contribution in [3.63, 3.8) is 0 Å². The molecule has 1 saturated carbocycles. The molecule has 2 amide bonds. The van der Waals surface area contributed by atoms with E-state index in [1.54, 1.807) is 6.92 Å². The third-order valence-corrected chi connectivity index (χ3v) is 6.86. The number of hydrogen-bond acceptors (Lipinski definition) is 7. The number of aryl methyl sites for hydroxylation is 1. The lowest BCUT2D eigenvalue weighted by Gasteiger charge is -2.33. The lowest BCUT2D eigenvalue weighted by Crippen LogP contribution is -2.37. The van der Waals surface area contributed by atoms with Gasteiger partial charge < -0.3 is 20.3 Å². The van der Waals surface area contributed by atoms with E-state index < -0.39 is 48.5 Å². The first-order valence-corrected chi connectivity index (χ1v) is 12.2. The Bertz CT molecular complexity index is 1330. The first-order valence-electron chi connectivity index (χ1n) is 12.2. The van der Waals surface area contributed by atoms with Crippen molar-refractivity contribution in [1.29, 1.82) is 0 Å². The van der Waals surface area contributed by atoms with Crippen LogP contribution in [0.3, 0.4) is 0 Å².